The first-order valence-electron chi connectivity index (χ1n) is 7.23. The van der Waals surface area contributed by atoms with Gasteiger partial charge in [-0.3, -0.25) is 0 Å². The van der Waals surface area contributed by atoms with Crippen molar-refractivity contribution < 1.29 is 18.7 Å². The molecule has 122 valence electrons. The molecule has 2 heterocycles. The highest BCUT2D eigenvalue weighted by Gasteiger charge is 2.22. The molecule has 0 fully saturated rings. The molecule has 0 spiro atoms. The number of aromatic nitrogens is 1. The van der Waals surface area contributed by atoms with Gasteiger partial charge in [-0.1, -0.05) is 12.1 Å². The number of benzene rings is 1. The van der Waals surface area contributed by atoms with Crippen LogP contribution in [0.1, 0.15) is 10.4 Å². The Hall–Kier alpha value is -3.15. The summed E-state index contributed by atoms with van der Waals surface area (Å²) in [6.45, 7) is 0. The van der Waals surface area contributed by atoms with Crippen LogP contribution in [0.4, 0.5) is 10.2 Å². The molecular formula is C18H15FN2O3. The number of hydrogen-bond donors (Lipinski definition) is 1. The van der Waals surface area contributed by atoms with Crippen LogP contribution in [0.25, 0.3) is 22.6 Å². The van der Waals surface area contributed by atoms with E-state index in [1.54, 1.807) is 49.3 Å². The molecule has 0 aliphatic rings. The van der Waals surface area contributed by atoms with E-state index in [4.69, 9.17) is 4.42 Å². The van der Waals surface area contributed by atoms with Crippen LogP contribution in [-0.2, 0) is 0 Å². The zero-order valence-electron chi connectivity index (χ0n) is 13.2. The smallest absolute Gasteiger partial charge is 0.340 e. The van der Waals surface area contributed by atoms with Gasteiger partial charge in [-0.05, 0) is 35.9 Å². The lowest BCUT2D eigenvalue weighted by atomic mass is 9.98. The van der Waals surface area contributed by atoms with Gasteiger partial charge in [-0.25, -0.2) is 14.2 Å². The van der Waals surface area contributed by atoms with Crippen LogP contribution in [0, 0.1) is 5.82 Å². The number of carboxylic acid groups (broad SMARTS) is 1. The van der Waals surface area contributed by atoms with Crippen LogP contribution in [0.5, 0.6) is 0 Å². The Morgan fingerprint density at radius 2 is 1.92 bits per heavy atom. The molecule has 3 rings (SSSR count). The van der Waals surface area contributed by atoms with Crippen molar-refractivity contribution in [2.45, 2.75) is 0 Å². The Bertz CT molecular complexity index is 872. The van der Waals surface area contributed by atoms with Gasteiger partial charge in [0.2, 0.25) is 0 Å². The van der Waals surface area contributed by atoms with Crippen molar-refractivity contribution in [2.75, 3.05) is 19.0 Å². The van der Waals surface area contributed by atoms with E-state index in [0.29, 0.717) is 28.4 Å². The van der Waals surface area contributed by atoms with Gasteiger partial charge in [-0.2, -0.15) is 0 Å². The molecule has 1 aromatic carbocycles. The summed E-state index contributed by atoms with van der Waals surface area (Å²) in [7, 11) is 3.43. The number of hydrogen-bond acceptors (Lipinski definition) is 4. The van der Waals surface area contributed by atoms with Crippen molar-refractivity contribution in [1.29, 1.82) is 0 Å². The summed E-state index contributed by atoms with van der Waals surface area (Å²) in [5.74, 6) is -0.658. The lowest BCUT2D eigenvalue weighted by Gasteiger charge is -2.18. The topological polar surface area (TPSA) is 66.6 Å². The summed E-state index contributed by atoms with van der Waals surface area (Å²) in [6.07, 6.45) is 1.52. The van der Waals surface area contributed by atoms with Crippen LogP contribution in [0.2, 0.25) is 0 Å². The van der Waals surface area contributed by atoms with Crippen LogP contribution in [0.3, 0.4) is 0 Å². The summed E-state index contributed by atoms with van der Waals surface area (Å²) >= 11 is 0. The summed E-state index contributed by atoms with van der Waals surface area (Å²) in [5.41, 5.74) is 1.61. The summed E-state index contributed by atoms with van der Waals surface area (Å²) in [6, 6.07) is 10.8. The fourth-order valence-electron chi connectivity index (χ4n) is 2.47. The Morgan fingerprint density at radius 3 is 2.46 bits per heavy atom. The first-order chi connectivity index (χ1) is 11.5. The minimum atomic E-state index is -1.10. The molecule has 1 N–H and O–H groups in total. The standard InChI is InChI=1S/C18H15FN2O3/c1-21(2)17-16(18(22)23)13(11-5-7-12(19)8-6-11)10-14(20-17)15-4-3-9-24-15/h3-10H,1-2H3,(H,22,23). The molecule has 0 radical (unpaired) electrons. The van der Waals surface area contributed by atoms with Gasteiger partial charge in [0.1, 0.15) is 22.9 Å². The van der Waals surface area contributed by atoms with Crippen molar-refractivity contribution in [3.8, 4) is 22.6 Å². The Morgan fingerprint density at radius 1 is 1.21 bits per heavy atom. The molecule has 3 aromatic rings. The molecule has 0 aliphatic heterocycles. The molecular weight excluding hydrogens is 311 g/mol. The van der Waals surface area contributed by atoms with E-state index < -0.39 is 5.97 Å². The maximum absolute atomic E-state index is 13.2. The second-order valence-electron chi connectivity index (χ2n) is 5.44. The van der Waals surface area contributed by atoms with E-state index in [-0.39, 0.29) is 11.4 Å². The molecule has 2 aromatic heterocycles. The number of aromatic carboxylic acids is 1. The highest BCUT2D eigenvalue weighted by molar-refractivity contribution is 6.01. The molecule has 0 aliphatic carbocycles. The van der Waals surface area contributed by atoms with Crippen LogP contribution < -0.4 is 4.90 Å². The zero-order chi connectivity index (χ0) is 17.3. The molecule has 0 unspecified atom stereocenters. The Balaban J connectivity index is 2.31. The average molecular weight is 326 g/mol. The first-order valence-corrected chi connectivity index (χ1v) is 7.23. The second kappa shape index (κ2) is 6.16. The summed E-state index contributed by atoms with van der Waals surface area (Å²) in [4.78, 5) is 17.9. The molecule has 5 nitrogen and oxygen atoms in total. The summed E-state index contributed by atoms with van der Waals surface area (Å²) < 4.78 is 18.6. The van der Waals surface area contributed by atoms with E-state index in [2.05, 4.69) is 4.98 Å². The van der Waals surface area contributed by atoms with Gasteiger partial charge < -0.3 is 14.4 Å². The molecule has 0 saturated carbocycles. The van der Waals surface area contributed by atoms with Gasteiger partial charge in [0.15, 0.2) is 5.76 Å². The SMILES string of the molecule is CN(C)c1nc(-c2ccco2)cc(-c2ccc(F)cc2)c1C(=O)O. The predicted octanol–water partition coefficient (Wildman–Crippen LogP) is 3.91. The maximum Gasteiger partial charge on any atom is 0.340 e. The highest BCUT2D eigenvalue weighted by Crippen LogP contribution is 2.34. The largest absolute Gasteiger partial charge is 0.478 e. The highest BCUT2D eigenvalue weighted by atomic mass is 19.1. The number of pyridine rings is 1. The minimum Gasteiger partial charge on any atom is -0.478 e. The van der Waals surface area contributed by atoms with Crippen molar-refractivity contribution in [1.82, 2.24) is 4.98 Å². The molecule has 0 bridgehead atoms. The number of rotatable bonds is 4. The third-order valence-corrected chi connectivity index (χ3v) is 3.57. The molecule has 0 saturated heterocycles. The van der Waals surface area contributed by atoms with Crippen molar-refractivity contribution in [2.24, 2.45) is 0 Å². The lowest BCUT2D eigenvalue weighted by Crippen LogP contribution is -2.17. The second-order valence-corrected chi connectivity index (χ2v) is 5.44. The first kappa shape index (κ1) is 15.7. The van der Waals surface area contributed by atoms with Crippen molar-refractivity contribution >= 4 is 11.8 Å². The number of carboxylic acids is 1. The third kappa shape index (κ3) is 2.86. The number of halogens is 1. The summed E-state index contributed by atoms with van der Waals surface area (Å²) in [5, 5.41) is 9.67. The van der Waals surface area contributed by atoms with E-state index in [9.17, 15) is 14.3 Å². The van der Waals surface area contributed by atoms with Crippen molar-refractivity contribution in [3.63, 3.8) is 0 Å². The van der Waals surface area contributed by atoms with Crippen molar-refractivity contribution in [3.05, 3.63) is 60.1 Å². The number of furan rings is 1. The molecule has 0 amide bonds. The van der Waals surface area contributed by atoms with Gasteiger partial charge in [-0.15, -0.1) is 0 Å². The van der Waals surface area contributed by atoms with E-state index in [1.165, 1.54) is 18.4 Å². The molecule has 6 heteroatoms. The average Bonchev–Trinajstić information content (AvgIpc) is 3.08. The van der Waals surface area contributed by atoms with Crippen LogP contribution in [-0.4, -0.2) is 30.2 Å². The van der Waals surface area contributed by atoms with Gasteiger partial charge in [0, 0.05) is 19.7 Å². The van der Waals surface area contributed by atoms with Gasteiger partial charge in [0.25, 0.3) is 0 Å². The Labute approximate surface area is 138 Å². The maximum atomic E-state index is 13.2. The van der Waals surface area contributed by atoms with E-state index in [1.807, 2.05) is 0 Å². The molecule has 24 heavy (non-hydrogen) atoms. The number of nitrogens with zero attached hydrogens (tertiary/aromatic N) is 2. The number of anilines is 1. The quantitative estimate of drug-likeness (QED) is 0.787. The predicted molar refractivity (Wildman–Crippen MR) is 88.6 cm³/mol. The fraction of sp³-hybridized carbons (Fsp3) is 0.111. The minimum absolute atomic E-state index is 0.0573. The zero-order valence-corrected chi connectivity index (χ0v) is 13.2. The van der Waals surface area contributed by atoms with E-state index in [0.717, 1.165) is 0 Å². The Kier molecular flexibility index (Phi) is 4.04. The van der Waals surface area contributed by atoms with Crippen LogP contribution in [0.15, 0.2) is 53.1 Å². The normalized spacial score (nSPS) is 10.6. The lowest BCUT2D eigenvalue weighted by molar-refractivity contribution is 0.0698. The fourth-order valence-corrected chi connectivity index (χ4v) is 2.47. The van der Waals surface area contributed by atoms with Gasteiger partial charge >= 0.3 is 5.97 Å². The van der Waals surface area contributed by atoms with Gasteiger partial charge in [0.05, 0.1) is 6.26 Å². The van der Waals surface area contributed by atoms with E-state index >= 15 is 0 Å². The number of carbonyl (C=O) groups is 1. The third-order valence-electron chi connectivity index (χ3n) is 3.57. The van der Waals surface area contributed by atoms with Crippen LogP contribution >= 0.6 is 0 Å². The monoisotopic (exact) mass is 326 g/mol. The molecule has 0 atom stereocenters.